The van der Waals surface area contributed by atoms with Crippen molar-refractivity contribution in [1.29, 1.82) is 0 Å². The van der Waals surface area contributed by atoms with E-state index in [2.05, 4.69) is 31.1 Å². The second-order valence-electron chi connectivity index (χ2n) is 7.41. The lowest BCUT2D eigenvalue weighted by Crippen LogP contribution is -2.48. The summed E-state index contributed by atoms with van der Waals surface area (Å²) in [6, 6.07) is 14.3. The lowest BCUT2D eigenvalue weighted by atomic mass is 10.1. The highest BCUT2D eigenvalue weighted by Crippen LogP contribution is 2.19. The second-order valence-corrected chi connectivity index (χ2v) is 8.33. The highest BCUT2D eigenvalue weighted by atomic mass is 79.9. The zero-order valence-corrected chi connectivity index (χ0v) is 18.5. The highest BCUT2D eigenvalue weighted by molar-refractivity contribution is 9.10. The molecular formula is C21H21BrN6O3. The van der Waals surface area contributed by atoms with Gasteiger partial charge in [-0.15, -0.1) is 5.10 Å². The summed E-state index contributed by atoms with van der Waals surface area (Å²) in [6.07, 6.45) is 0. The second kappa shape index (κ2) is 8.94. The zero-order valence-electron chi connectivity index (χ0n) is 16.9. The lowest BCUT2D eigenvalue weighted by Gasteiger charge is -2.34. The first-order valence-corrected chi connectivity index (χ1v) is 10.6. The topological polar surface area (TPSA) is 97.4 Å². The van der Waals surface area contributed by atoms with E-state index in [1.807, 2.05) is 37.3 Å². The molecule has 0 N–H and O–H groups in total. The predicted octanol–water partition coefficient (Wildman–Crippen LogP) is 3.20. The van der Waals surface area contributed by atoms with Crippen LogP contribution >= 0.6 is 15.9 Å². The number of hydrogen-bond acceptors (Lipinski definition) is 6. The Hall–Kier alpha value is -3.11. The number of nitro groups is 1. The van der Waals surface area contributed by atoms with Crippen LogP contribution in [0.4, 0.5) is 5.69 Å². The van der Waals surface area contributed by atoms with Crippen molar-refractivity contribution in [1.82, 2.24) is 24.8 Å². The molecule has 0 unspecified atom stereocenters. The standard InChI is InChI=1S/C21H21BrN6O3/c1-15-20(23-24-27(15)18-6-3-5-17(22)13-18)21(29)26-10-8-25(9-11-26)14-16-4-2-7-19(12-16)28(30)31/h2-7,12-13H,8-11,14H2,1H3. The van der Waals surface area contributed by atoms with Crippen molar-refractivity contribution >= 4 is 27.5 Å². The molecule has 0 bridgehead atoms. The van der Waals surface area contributed by atoms with Crippen molar-refractivity contribution in [2.75, 3.05) is 26.2 Å². The van der Waals surface area contributed by atoms with E-state index < -0.39 is 0 Å². The van der Waals surface area contributed by atoms with E-state index in [4.69, 9.17) is 0 Å². The quantitative estimate of drug-likeness (QED) is 0.407. The Kier molecular flexibility index (Phi) is 6.10. The maximum Gasteiger partial charge on any atom is 0.276 e. The van der Waals surface area contributed by atoms with Gasteiger partial charge in [0.25, 0.3) is 11.6 Å². The number of rotatable bonds is 5. The Bertz CT molecular complexity index is 1120. The summed E-state index contributed by atoms with van der Waals surface area (Å²) >= 11 is 3.45. The lowest BCUT2D eigenvalue weighted by molar-refractivity contribution is -0.384. The van der Waals surface area contributed by atoms with Crippen molar-refractivity contribution in [3.8, 4) is 5.69 Å². The van der Waals surface area contributed by atoms with Gasteiger partial charge in [0.2, 0.25) is 0 Å². The molecule has 0 spiro atoms. The first-order chi connectivity index (χ1) is 14.9. The van der Waals surface area contributed by atoms with Crippen LogP contribution in [0.1, 0.15) is 21.7 Å². The maximum absolute atomic E-state index is 13.0. The molecule has 31 heavy (non-hydrogen) atoms. The van der Waals surface area contributed by atoms with E-state index in [0.717, 1.165) is 15.7 Å². The number of carbonyl (C=O) groups excluding carboxylic acids is 1. The summed E-state index contributed by atoms with van der Waals surface area (Å²) in [4.78, 5) is 27.6. The minimum absolute atomic E-state index is 0.0929. The number of aromatic nitrogens is 3. The van der Waals surface area contributed by atoms with Crippen molar-refractivity contribution in [3.05, 3.63) is 80.1 Å². The molecule has 3 aromatic rings. The van der Waals surface area contributed by atoms with Gasteiger partial charge < -0.3 is 4.90 Å². The van der Waals surface area contributed by atoms with Crippen LogP contribution in [0.25, 0.3) is 5.69 Å². The van der Waals surface area contributed by atoms with Gasteiger partial charge in [0.05, 0.1) is 16.3 Å². The number of benzene rings is 2. The zero-order chi connectivity index (χ0) is 22.0. The molecular weight excluding hydrogens is 464 g/mol. The number of amides is 1. The first kappa shape index (κ1) is 21.1. The van der Waals surface area contributed by atoms with Gasteiger partial charge in [-0.2, -0.15) is 0 Å². The molecule has 1 fully saturated rings. The van der Waals surface area contributed by atoms with Crippen LogP contribution in [0.5, 0.6) is 0 Å². The van der Waals surface area contributed by atoms with E-state index in [-0.39, 0.29) is 16.5 Å². The van der Waals surface area contributed by atoms with Crippen molar-refractivity contribution in [2.45, 2.75) is 13.5 Å². The van der Waals surface area contributed by atoms with E-state index in [1.54, 1.807) is 21.7 Å². The Balaban J connectivity index is 1.40. The molecule has 0 atom stereocenters. The summed E-state index contributed by atoms with van der Waals surface area (Å²) in [7, 11) is 0. The molecule has 1 amide bonds. The number of halogens is 1. The maximum atomic E-state index is 13.0. The third kappa shape index (κ3) is 4.64. The summed E-state index contributed by atoms with van der Waals surface area (Å²) in [6.45, 7) is 4.96. The summed E-state index contributed by atoms with van der Waals surface area (Å²) in [5, 5.41) is 19.3. The normalized spacial score (nSPS) is 14.6. The largest absolute Gasteiger partial charge is 0.335 e. The molecule has 1 aliphatic rings. The fourth-order valence-electron chi connectivity index (χ4n) is 3.67. The molecule has 2 heterocycles. The number of piperazine rings is 1. The highest BCUT2D eigenvalue weighted by Gasteiger charge is 2.26. The van der Waals surface area contributed by atoms with Gasteiger partial charge >= 0.3 is 0 Å². The average molecular weight is 485 g/mol. The number of nitrogens with zero attached hydrogens (tertiary/aromatic N) is 6. The average Bonchev–Trinajstić information content (AvgIpc) is 3.15. The van der Waals surface area contributed by atoms with Crippen molar-refractivity contribution in [2.24, 2.45) is 0 Å². The van der Waals surface area contributed by atoms with Gasteiger partial charge in [0.15, 0.2) is 5.69 Å². The molecule has 1 aromatic heterocycles. The van der Waals surface area contributed by atoms with Crippen LogP contribution in [-0.4, -0.2) is 61.8 Å². The van der Waals surface area contributed by atoms with Crippen LogP contribution in [0.3, 0.4) is 0 Å². The van der Waals surface area contributed by atoms with Gasteiger partial charge in [-0.25, -0.2) is 4.68 Å². The number of hydrogen-bond donors (Lipinski definition) is 0. The van der Waals surface area contributed by atoms with Crippen LogP contribution in [0.15, 0.2) is 53.0 Å². The number of carbonyl (C=O) groups is 1. The van der Waals surface area contributed by atoms with Gasteiger partial charge in [-0.05, 0) is 30.7 Å². The van der Waals surface area contributed by atoms with E-state index >= 15 is 0 Å². The molecule has 10 heteroatoms. The number of nitro benzene ring substituents is 1. The smallest absolute Gasteiger partial charge is 0.276 e. The first-order valence-electron chi connectivity index (χ1n) is 9.85. The summed E-state index contributed by atoms with van der Waals surface area (Å²) in [5.41, 5.74) is 2.87. The van der Waals surface area contributed by atoms with Crippen LogP contribution in [0, 0.1) is 17.0 Å². The monoisotopic (exact) mass is 484 g/mol. The van der Waals surface area contributed by atoms with Gasteiger partial charge in [-0.3, -0.25) is 19.8 Å². The third-order valence-electron chi connectivity index (χ3n) is 5.34. The minimum atomic E-state index is -0.385. The third-order valence-corrected chi connectivity index (χ3v) is 5.83. The van der Waals surface area contributed by atoms with E-state index in [1.165, 1.54) is 6.07 Å². The molecule has 9 nitrogen and oxygen atoms in total. The van der Waals surface area contributed by atoms with E-state index in [9.17, 15) is 14.9 Å². The minimum Gasteiger partial charge on any atom is -0.335 e. The predicted molar refractivity (Wildman–Crippen MR) is 118 cm³/mol. The van der Waals surface area contributed by atoms with Gasteiger partial charge in [0, 0.05) is 49.3 Å². The van der Waals surface area contributed by atoms with Crippen LogP contribution in [0.2, 0.25) is 0 Å². The Morgan fingerprint density at radius 2 is 1.87 bits per heavy atom. The van der Waals surface area contributed by atoms with E-state index in [0.29, 0.717) is 44.1 Å². The van der Waals surface area contributed by atoms with Crippen molar-refractivity contribution < 1.29 is 9.72 Å². The fraction of sp³-hybridized carbons (Fsp3) is 0.286. The summed E-state index contributed by atoms with van der Waals surface area (Å²) in [5.74, 6) is -0.131. The Morgan fingerprint density at radius 3 is 2.58 bits per heavy atom. The van der Waals surface area contributed by atoms with Crippen molar-refractivity contribution in [3.63, 3.8) is 0 Å². The molecule has 0 saturated carbocycles. The molecule has 160 valence electrons. The van der Waals surface area contributed by atoms with Gasteiger partial charge in [-0.1, -0.05) is 39.3 Å². The van der Waals surface area contributed by atoms with Crippen LogP contribution < -0.4 is 0 Å². The molecule has 1 aliphatic heterocycles. The molecule has 0 radical (unpaired) electrons. The molecule has 1 saturated heterocycles. The molecule has 4 rings (SSSR count). The fourth-order valence-corrected chi connectivity index (χ4v) is 4.05. The Labute approximate surface area is 187 Å². The molecule has 2 aromatic carbocycles. The molecule has 0 aliphatic carbocycles. The SMILES string of the molecule is Cc1c(C(=O)N2CCN(Cc3cccc([N+](=O)[O-])c3)CC2)nnn1-c1cccc(Br)c1. The van der Waals surface area contributed by atoms with Crippen LogP contribution in [-0.2, 0) is 6.54 Å². The summed E-state index contributed by atoms with van der Waals surface area (Å²) < 4.78 is 2.59. The Morgan fingerprint density at radius 1 is 1.13 bits per heavy atom. The number of non-ortho nitro benzene ring substituents is 1. The van der Waals surface area contributed by atoms with Gasteiger partial charge in [0.1, 0.15) is 0 Å².